The fourth-order valence-corrected chi connectivity index (χ4v) is 2.29. The number of methoxy groups -OCH3 is 1. The van der Waals surface area contributed by atoms with Crippen LogP contribution in [-0.4, -0.2) is 35.9 Å². The lowest BCUT2D eigenvalue weighted by molar-refractivity contribution is -0.384. The van der Waals surface area contributed by atoms with Gasteiger partial charge in [0.2, 0.25) is 5.91 Å². The van der Waals surface area contributed by atoms with Gasteiger partial charge in [0.25, 0.3) is 5.69 Å². The van der Waals surface area contributed by atoms with Gasteiger partial charge < -0.3 is 14.5 Å². The van der Waals surface area contributed by atoms with Gasteiger partial charge in [0, 0.05) is 6.07 Å². The molecule has 0 radical (unpaired) electrons. The number of aryl methyl sites for hydroxylation is 1. The Balaban J connectivity index is 2.06. The number of nitro benzene ring substituents is 1. The van der Waals surface area contributed by atoms with Crippen molar-refractivity contribution < 1.29 is 18.9 Å². The van der Waals surface area contributed by atoms with Crippen LogP contribution in [0.1, 0.15) is 18.4 Å². The molecule has 0 bridgehead atoms. The molecule has 8 nitrogen and oxygen atoms in total. The van der Waals surface area contributed by atoms with Crippen LogP contribution >= 0.6 is 0 Å². The second-order valence-corrected chi connectivity index (χ2v) is 5.73. The molecule has 25 heavy (non-hydrogen) atoms. The van der Waals surface area contributed by atoms with Gasteiger partial charge in [0.1, 0.15) is 17.3 Å². The molecule has 1 atom stereocenters. The molecule has 2 aromatic rings. The van der Waals surface area contributed by atoms with E-state index in [4.69, 9.17) is 9.15 Å². The van der Waals surface area contributed by atoms with Crippen LogP contribution < -0.4 is 10.1 Å². The fourth-order valence-electron chi connectivity index (χ4n) is 2.29. The zero-order valence-corrected chi connectivity index (χ0v) is 14.6. The first-order valence-corrected chi connectivity index (χ1v) is 7.70. The van der Waals surface area contributed by atoms with Crippen LogP contribution in [-0.2, 0) is 11.3 Å². The number of furan rings is 1. The molecule has 0 unspecified atom stereocenters. The van der Waals surface area contributed by atoms with Crippen molar-refractivity contribution in [3.63, 3.8) is 0 Å². The van der Waals surface area contributed by atoms with Crippen molar-refractivity contribution in [3.05, 3.63) is 52.0 Å². The van der Waals surface area contributed by atoms with Gasteiger partial charge in [-0.2, -0.15) is 0 Å². The summed E-state index contributed by atoms with van der Waals surface area (Å²) in [6, 6.07) is 7.35. The highest BCUT2D eigenvalue weighted by Crippen LogP contribution is 2.29. The highest BCUT2D eigenvalue weighted by atomic mass is 16.6. The minimum absolute atomic E-state index is 0.104. The molecule has 0 aliphatic heterocycles. The first-order valence-electron chi connectivity index (χ1n) is 7.70. The Labute approximate surface area is 145 Å². The van der Waals surface area contributed by atoms with Crippen molar-refractivity contribution in [1.29, 1.82) is 0 Å². The van der Waals surface area contributed by atoms with Gasteiger partial charge in [-0.05, 0) is 39.1 Å². The number of ether oxygens (including phenoxy) is 1. The summed E-state index contributed by atoms with van der Waals surface area (Å²) in [5.41, 5.74) is 0.278. The van der Waals surface area contributed by atoms with E-state index in [-0.39, 0.29) is 17.3 Å². The molecule has 1 aromatic heterocycles. The van der Waals surface area contributed by atoms with Crippen LogP contribution in [0.3, 0.4) is 0 Å². The molecule has 8 heteroatoms. The lowest BCUT2D eigenvalue weighted by atomic mass is 10.2. The number of benzene rings is 1. The third kappa shape index (κ3) is 4.57. The lowest BCUT2D eigenvalue weighted by Crippen LogP contribution is -2.39. The molecule has 0 saturated carbocycles. The minimum Gasteiger partial charge on any atom is -0.494 e. The number of nitro groups is 1. The number of amides is 1. The summed E-state index contributed by atoms with van der Waals surface area (Å²) >= 11 is 0. The quantitative estimate of drug-likeness (QED) is 0.611. The third-order valence-electron chi connectivity index (χ3n) is 3.90. The van der Waals surface area contributed by atoms with Crippen molar-refractivity contribution >= 4 is 17.3 Å². The standard InChI is InChI=1S/C17H21N3O5/c1-11-5-7-14(25-11)10-19(3)12(2)17(21)18-15-8-6-13(20(22)23)9-16(15)24-4/h5-9,12H,10H2,1-4H3,(H,18,21)/t12-/m1/s1. The van der Waals surface area contributed by atoms with Crippen LogP contribution in [0.4, 0.5) is 11.4 Å². The number of anilines is 1. The number of nitrogens with zero attached hydrogens (tertiary/aromatic N) is 2. The van der Waals surface area contributed by atoms with Crippen LogP contribution in [0.15, 0.2) is 34.7 Å². The minimum atomic E-state index is -0.518. The molecule has 1 aromatic carbocycles. The Kier molecular flexibility index (Phi) is 5.76. The molecule has 0 fully saturated rings. The van der Waals surface area contributed by atoms with E-state index in [1.807, 2.05) is 31.0 Å². The van der Waals surface area contributed by atoms with E-state index < -0.39 is 11.0 Å². The maximum absolute atomic E-state index is 12.5. The van der Waals surface area contributed by atoms with Gasteiger partial charge in [-0.1, -0.05) is 0 Å². The SMILES string of the molecule is COc1cc([N+](=O)[O-])ccc1NC(=O)[C@@H](C)N(C)Cc1ccc(C)o1. The molecule has 0 aliphatic rings. The maximum Gasteiger partial charge on any atom is 0.273 e. The van der Waals surface area contributed by atoms with Gasteiger partial charge in [-0.15, -0.1) is 0 Å². The number of carbonyl (C=O) groups excluding carboxylic acids is 1. The average molecular weight is 347 g/mol. The van der Waals surface area contributed by atoms with Crippen LogP contribution in [0.5, 0.6) is 5.75 Å². The van der Waals surface area contributed by atoms with Crippen molar-refractivity contribution in [2.45, 2.75) is 26.4 Å². The number of rotatable bonds is 7. The Morgan fingerprint density at radius 1 is 1.40 bits per heavy atom. The Bertz CT molecular complexity index is 771. The first-order chi connectivity index (χ1) is 11.8. The molecule has 2 rings (SSSR count). The second kappa shape index (κ2) is 7.80. The van der Waals surface area contributed by atoms with Crippen LogP contribution in [0, 0.1) is 17.0 Å². The molecule has 134 valence electrons. The van der Waals surface area contributed by atoms with Crippen molar-refractivity contribution in [2.24, 2.45) is 0 Å². The van der Waals surface area contributed by atoms with E-state index in [1.165, 1.54) is 25.3 Å². The molecule has 1 N–H and O–H groups in total. The summed E-state index contributed by atoms with van der Waals surface area (Å²) in [6.07, 6.45) is 0. The average Bonchev–Trinajstić information content (AvgIpc) is 2.98. The highest BCUT2D eigenvalue weighted by molar-refractivity contribution is 5.96. The van der Waals surface area contributed by atoms with Gasteiger partial charge in [-0.3, -0.25) is 19.8 Å². The van der Waals surface area contributed by atoms with Crippen molar-refractivity contribution in [3.8, 4) is 5.75 Å². The largest absolute Gasteiger partial charge is 0.494 e. The van der Waals surface area contributed by atoms with E-state index in [1.54, 1.807) is 6.92 Å². The third-order valence-corrected chi connectivity index (χ3v) is 3.90. The number of nitrogens with one attached hydrogen (secondary N) is 1. The zero-order valence-electron chi connectivity index (χ0n) is 14.6. The Hall–Kier alpha value is -2.87. The summed E-state index contributed by atoms with van der Waals surface area (Å²) in [6.45, 7) is 4.11. The number of hydrogen-bond donors (Lipinski definition) is 1. The molecule has 0 saturated heterocycles. The summed E-state index contributed by atoms with van der Waals surface area (Å²) < 4.78 is 10.6. The number of non-ortho nitro benzene ring substituents is 1. The van der Waals surface area contributed by atoms with E-state index in [0.717, 1.165) is 11.5 Å². The van der Waals surface area contributed by atoms with Crippen LogP contribution in [0.2, 0.25) is 0 Å². The summed E-state index contributed by atoms with van der Waals surface area (Å²) in [7, 11) is 3.21. The van der Waals surface area contributed by atoms with Gasteiger partial charge in [-0.25, -0.2) is 0 Å². The van der Waals surface area contributed by atoms with E-state index in [0.29, 0.717) is 12.2 Å². The Morgan fingerprint density at radius 2 is 2.12 bits per heavy atom. The summed E-state index contributed by atoms with van der Waals surface area (Å²) in [4.78, 5) is 24.6. The number of carbonyl (C=O) groups is 1. The molecular formula is C17H21N3O5. The molecule has 1 heterocycles. The highest BCUT2D eigenvalue weighted by Gasteiger charge is 2.21. The predicted molar refractivity (Wildman–Crippen MR) is 92.7 cm³/mol. The zero-order chi connectivity index (χ0) is 18.6. The smallest absolute Gasteiger partial charge is 0.273 e. The second-order valence-electron chi connectivity index (χ2n) is 5.73. The first kappa shape index (κ1) is 18.5. The predicted octanol–water partition coefficient (Wildman–Crippen LogP) is 2.96. The molecule has 0 aliphatic carbocycles. The van der Waals surface area contributed by atoms with Gasteiger partial charge in [0.05, 0.1) is 36.4 Å². The maximum atomic E-state index is 12.5. The fraction of sp³-hybridized carbons (Fsp3) is 0.353. The van der Waals surface area contributed by atoms with Crippen molar-refractivity contribution in [2.75, 3.05) is 19.5 Å². The number of hydrogen-bond acceptors (Lipinski definition) is 6. The van der Waals surface area contributed by atoms with E-state index in [2.05, 4.69) is 5.32 Å². The number of likely N-dealkylation sites (N-methyl/N-ethyl adjacent to an activating group) is 1. The normalized spacial score (nSPS) is 12.0. The van der Waals surface area contributed by atoms with Crippen molar-refractivity contribution in [1.82, 2.24) is 4.90 Å². The molecular weight excluding hydrogens is 326 g/mol. The van der Waals surface area contributed by atoms with Gasteiger partial charge in [0.15, 0.2) is 0 Å². The monoisotopic (exact) mass is 347 g/mol. The molecule has 0 spiro atoms. The lowest BCUT2D eigenvalue weighted by Gasteiger charge is -2.23. The molecule has 1 amide bonds. The van der Waals surface area contributed by atoms with E-state index >= 15 is 0 Å². The van der Waals surface area contributed by atoms with E-state index in [9.17, 15) is 14.9 Å². The van der Waals surface area contributed by atoms with Crippen LogP contribution in [0.25, 0.3) is 0 Å². The summed E-state index contributed by atoms with van der Waals surface area (Å²) in [5.74, 6) is 1.57. The van der Waals surface area contributed by atoms with Gasteiger partial charge >= 0.3 is 0 Å². The topological polar surface area (TPSA) is 97.8 Å². The Morgan fingerprint density at radius 3 is 2.68 bits per heavy atom. The summed E-state index contributed by atoms with van der Waals surface area (Å²) in [5, 5.41) is 13.6.